The maximum absolute atomic E-state index is 12.7. The van der Waals surface area contributed by atoms with Crippen LogP contribution in [0.4, 0.5) is 0 Å². The van der Waals surface area contributed by atoms with Gasteiger partial charge in [0, 0.05) is 13.0 Å². The molecule has 0 saturated heterocycles. The maximum atomic E-state index is 12.7. The van der Waals surface area contributed by atoms with E-state index in [-0.39, 0.29) is 32.1 Å². The maximum Gasteiger partial charge on any atom is 0.472 e. The Morgan fingerprint density at radius 2 is 1.08 bits per heavy atom. The summed E-state index contributed by atoms with van der Waals surface area (Å²) in [6.07, 6.45) is 45.4. The molecule has 8 nitrogen and oxygen atoms in total. The smallest absolute Gasteiger partial charge is 0.391 e. The van der Waals surface area contributed by atoms with Crippen LogP contribution in [0.1, 0.15) is 162 Å². The number of amides is 1. The van der Waals surface area contributed by atoms with Crippen molar-refractivity contribution < 1.29 is 28.4 Å². The fourth-order valence-electron chi connectivity index (χ4n) is 5.44. The first kappa shape index (κ1) is 48.2. The molecule has 0 heterocycles. The zero-order valence-electron chi connectivity index (χ0n) is 31.9. The number of phosphoric ester groups is 1. The monoisotopic (exact) mass is 723 g/mol. The predicted molar refractivity (Wildman–Crippen MR) is 212 cm³/mol. The topological polar surface area (TPSA) is 131 Å². The van der Waals surface area contributed by atoms with E-state index in [1.54, 1.807) is 6.08 Å². The van der Waals surface area contributed by atoms with Crippen LogP contribution in [-0.2, 0) is 18.4 Å². The first-order chi connectivity index (χ1) is 24.4. The van der Waals surface area contributed by atoms with E-state index in [9.17, 15) is 19.4 Å². The van der Waals surface area contributed by atoms with E-state index in [0.29, 0.717) is 12.8 Å². The Kier molecular flexibility index (Phi) is 35.6. The molecule has 1 amide bonds. The predicted octanol–water partition coefficient (Wildman–Crippen LogP) is 10.7. The average Bonchev–Trinajstić information content (AvgIpc) is 3.10. The van der Waals surface area contributed by atoms with Crippen LogP contribution in [0, 0.1) is 0 Å². The van der Waals surface area contributed by atoms with Gasteiger partial charge in [0.05, 0.1) is 25.4 Å². The highest BCUT2D eigenvalue weighted by Crippen LogP contribution is 2.43. The lowest BCUT2D eigenvalue weighted by molar-refractivity contribution is -0.122. The van der Waals surface area contributed by atoms with E-state index < -0.39 is 20.0 Å². The number of hydrogen-bond acceptors (Lipinski definition) is 6. The highest BCUT2D eigenvalue weighted by molar-refractivity contribution is 7.47. The number of nitrogens with one attached hydrogen (secondary N) is 1. The molecule has 5 N–H and O–H groups in total. The average molecular weight is 723 g/mol. The molecule has 0 bridgehead atoms. The van der Waals surface area contributed by atoms with Crippen LogP contribution in [0.3, 0.4) is 0 Å². The Labute approximate surface area is 306 Å². The van der Waals surface area contributed by atoms with Crippen molar-refractivity contribution >= 4 is 13.7 Å². The molecule has 3 atom stereocenters. The van der Waals surface area contributed by atoms with Crippen LogP contribution >= 0.6 is 7.82 Å². The summed E-state index contributed by atoms with van der Waals surface area (Å²) in [5.74, 6) is -0.290. The van der Waals surface area contributed by atoms with E-state index in [0.717, 1.165) is 44.9 Å². The minimum Gasteiger partial charge on any atom is -0.391 e. The highest BCUT2D eigenvalue weighted by Gasteiger charge is 2.27. The number of phosphoric acid groups is 1. The quantitative estimate of drug-likeness (QED) is 0.0288. The number of unbranched alkanes of at least 4 members (excludes halogenated alkanes) is 15. The summed E-state index contributed by atoms with van der Waals surface area (Å²) >= 11 is 0. The number of carbonyl (C=O) groups excluding carboxylic acids is 1. The standard InChI is InChI=1S/C41H75N2O6P/c1-3-5-7-9-11-13-15-17-19-21-22-24-26-28-30-32-34-40(44)39(38-49-50(46,47)48-37-36-42)43-41(45)35-33-31-29-27-25-23-20-18-16-14-12-10-8-6-4-2/h6,8,12,14,18,20,25,27,31,33,39-40,44H,3-5,7,9-11,13,15-17,19,21-24,26,28-30,32,34-38,42H2,1-2H3,(H,43,45)(H,46,47)/b8-6-,14-12-,20-18-,27-25-,33-31-. The summed E-state index contributed by atoms with van der Waals surface area (Å²) in [6.45, 7) is 4.00. The number of nitrogens with two attached hydrogens (primary N) is 1. The van der Waals surface area contributed by atoms with Crippen LogP contribution in [-0.4, -0.2) is 47.8 Å². The van der Waals surface area contributed by atoms with Crippen LogP contribution in [0.5, 0.6) is 0 Å². The minimum absolute atomic E-state index is 0.0726. The molecule has 0 aliphatic rings. The molecule has 50 heavy (non-hydrogen) atoms. The Balaban J connectivity index is 4.37. The van der Waals surface area contributed by atoms with Gasteiger partial charge in [-0.05, 0) is 38.5 Å². The number of carbonyl (C=O) groups is 1. The first-order valence-electron chi connectivity index (χ1n) is 19.9. The lowest BCUT2D eigenvalue weighted by Gasteiger charge is -2.25. The number of aliphatic hydroxyl groups excluding tert-OH is 1. The molecule has 290 valence electrons. The molecule has 9 heteroatoms. The highest BCUT2D eigenvalue weighted by atomic mass is 31.2. The molecule has 0 fully saturated rings. The van der Waals surface area contributed by atoms with Gasteiger partial charge in [-0.25, -0.2) is 4.57 Å². The van der Waals surface area contributed by atoms with E-state index in [1.165, 1.54) is 83.5 Å². The number of rotatable bonds is 36. The molecule has 0 aliphatic heterocycles. The molecular weight excluding hydrogens is 647 g/mol. The SMILES string of the molecule is CC/C=C\C/C=C\C/C=C\C/C=C\C/C=C\CC(=O)NC(COP(=O)(O)OCCN)C(O)CCCCCCCCCCCCCCCCCC. The zero-order chi connectivity index (χ0) is 36.8. The number of aliphatic hydroxyl groups is 1. The van der Waals surface area contributed by atoms with Gasteiger partial charge in [0.15, 0.2) is 0 Å². The molecule has 0 saturated carbocycles. The van der Waals surface area contributed by atoms with Gasteiger partial charge in [-0.1, -0.05) is 177 Å². The normalized spacial score (nSPS) is 14.9. The molecule has 0 aromatic rings. The van der Waals surface area contributed by atoms with Gasteiger partial charge in [-0.15, -0.1) is 0 Å². The summed E-state index contributed by atoms with van der Waals surface area (Å²) < 4.78 is 22.1. The first-order valence-corrected chi connectivity index (χ1v) is 21.4. The third-order valence-electron chi connectivity index (χ3n) is 8.41. The Morgan fingerprint density at radius 3 is 1.52 bits per heavy atom. The van der Waals surface area contributed by atoms with E-state index >= 15 is 0 Å². The Hall–Kier alpha value is -1.80. The molecule has 0 aliphatic carbocycles. The largest absolute Gasteiger partial charge is 0.472 e. The van der Waals surface area contributed by atoms with Gasteiger partial charge in [-0.2, -0.15) is 0 Å². The van der Waals surface area contributed by atoms with Crippen LogP contribution in [0.15, 0.2) is 60.8 Å². The minimum atomic E-state index is -4.34. The summed E-state index contributed by atoms with van der Waals surface area (Å²) in [5, 5.41) is 13.7. The molecule has 0 radical (unpaired) electrons. The van der Waals surface area contributed by atoms with Gasteiger partial charge >= 0.3 is 7.82 Å². The van der Waals surface area contributed by atoms with Gasteiger partial charge in [0.1, 0.15) is 0 Å². The third-order valence-corrected chi connectivity index (χ3v) is 9.40. The van der Waals surface area contributed by atoms with E-state index in [1.807, 2.05) is 6.08 Å². The van der Waals surface area contributed by atoms with E-state index in [2.05, 4.69) is 67.8 Å². The third kappa shape index (κ3) is 34.6. The molecule has 0 aromatic carbocycles. The summed E-state index contributed by atoms with van der Waals surface area (Å²) in [7, 11) is -4.34. The van der Waals surface area contributed by atoms with Crippen molar-refractivity contribution in [2.45, 2.75) is 174 Å². The van der Waals surface area contributed by atoms with Crippen molar-refractivity contribution in [2.75, 3.05) is 19.8 Å². The zero-order valence-corrected chi connectivity index (χ0v) is 32.8. The van der Waals surface area contributed by atoms with Crippen molar-refractivity contribution in [3.05, 3.63) is 60.8 Å². The summed E-state index contributed by atoms with van der Waals surface area (Å²) in [4.78, 5) is 22.6. The molecule has 3 unspecified atom stereocenters. The second-order valence-corrected chi connectivity index (χ2v) is 14.6. The van der Waals surface area contributed by atoms with Crippen molar-refractivity contribution in [2.24, 2.45) is 5.73 Å². The molecule has 0 rings (SSSR count). The van der Waals surface area contributed by atoms with E-state index in [4.69, 9.17) is 14.8 Å². The van der Waals surface area contributed by atoms with Crippen LogP contribution in [0.25, 0.3) is 0 Å². The van der Waals surface area contributed by atoms with Gasteiger partial charge in [0.25, 0.3) is 0 Å². The van der Waals surface area contributed by atoms with Gasteiger partial charge in [-0.3, -0.25) is 13.8 Å². The molecule has 0 spiro atoms. The number of allylic oxidation sites excluding steroid dienone is 9. The van der Waals surface area contributed by atoms with Crippen LogP contribution < -0.4 is 11.1 Å². The van der Waals surface area contributed by atoms with Crippen LogP contribution in [0.2, 0.25) is 0 Å². The fourth-order valence-corrected chi connectivity index (χ4v) is 6.20. The second-order valence-electron chi connectivity index (χ2n) is 13.1. The van der Waals surface area contributed by atoms with Gasteiger partial charge < -0.3 is 21.1 Å². The summed E-state index contributed by atoms with van der Waals surface area (Å²) in [5.41, 5.74) is 5.36. The Morgan fingerprint density at radius 1 is 0.660 bits per heavy atom. The van der Waals surface area contributed by atoms with Gasteiger partial charge in [0.2, 0.25) is 5.91 Å². The molecular formula is C41H75N2O6P. The second kappa shape index (κ2) is 37.0. The lowest BCUT2D eigenvalue weighted by Crippen LogP contribution is -2.46. The Bertz CT molecular complexity index is 965. The molecule has 0 aromatic heterocycles. The lowest BCUT2D eigenvalue weighted by atomic mass is 10.0. The summed E-state index contributed by atoms with van der Waals surface area (Å²) in [6, 6.07) is -0.830. The van der Waals surface area contributed by atoms with Crippen molar-refractivity contribution in [3.63, 3.8) is 0 Å². The number of hydrogen-bond donors (Lipinski definition) is 4. The fraction of sp³-hybridized carbons (Fsp3) is 0.732. The van der Waals surface area contributed by atoms with Crippen molar-refractivity contribution in [3.8, 4) is 0 Å². The van der Waals surface area contributed by atoms with Crippen molar-refractivity contribution in [1.29, 1.82) is 0 Å². The van der Waals surface area contributed by atoms with Crippen molar-refractivity contribution in [1.82, 2.24) is 5.32 Å².